The molecular weight excluding hydrogens is 510 g/mol. The molecule has 1 aliphatic carbocycles. The fourth-order valence-electron chi connectivity index (χ4n) is 5.68. The lowest BCUT2D eigenvalue weighted by Crippen LogP contribution is -2.25. The summed E-state index contributed by atoms with van der Waals surface area (Å²) in [5.41, 5.74) is 11.3. The van der Waals surface area contributed by atoms with Crippen LogP contribution in [0.1, 0.15) is 40.8 Å². The van der Waals surface area contributed by atoms with Crippen molar-refractivity contribution in [1.82, 2.24) is 10.3 Å². The molecule has 0 saturated carbocycles. The van der Waals surface area contributed by atoms with Crippen molar-refractivity contribution in [2.75, 3.05) is 0 Å². The lowest BCUT2D eigenvalue weighted by atomic mass is 9.88. The van der Waals surface area contributed by atoms with Gasteiger partial charge in [-0.05, 0) is 69.6 Å². The molecule has 7 rings (SSSR count). The third-order valence-electron chi connectivity index (χ3n) is 7.91. The summed E-state index contributed by atoms with van der Waals surface area (Å²) in [6.45, 7) is 0. The van der Waals surface area contributed by atoms with Crippen LogP contribution in [-0.4, -0.2) is 10.7 Å². The minimum absolute atomic E-state index is 0.250. The Morgan fingerprint density at radius 2 is 1.26 bits per heavy atom. The van der Waals surface area contributed by atoms with Crippen LogP contribution >= 0.6 is 0 Å². The standard InChI is InChI=1S/C39H31N3/c1-4-11-28(12-5-1)31-18-20-32(21-19-31)37-26-38(33-17-10-22-40-27-33)42-39(41-37)36-24-34(29-13-6-2-7-14-29)23-35(25-36)30-15-8-3-9-16-30/h1-15,17-27,30,39,41H,16H2. The highest BCUT2D eigenvalue weighted by atomic mass is 15.1. The molecule has 1 aromatic heterocycles. The molecule has 0 amide bonds. The molecule has 3 heteroatoms. The van der Waals surface area contributed by atoms with Gasteiger partial charge in [0.05, 0.1) is 5.71 Å². The maximum Gasteiger partial charge on any atom is 0.145 e. The zero-order valence-electron chi connectivity index (χ0n) is 23.3. The zero-order chi connectivity index (χ0) is 28.1. The third-order valence-corrected chi connectivity index (χ3v) is 7.91. The van der Waals surface area contributed by atoms with E-state index >= 15 is 0 Å². The number of aromatic nitrogens is 1. The van der Waals surface area contributed by atoms with E-state index in [4.69, 9.17) is 4.99 Å². The highest BCUT2D eigenvalue weighted by Crippen LogP contribution is 2.35. The van der Waals surface area contributed by atoms with E-state index in [0.717, 1.165) is 34.5 Å². The highest BCUT2D eigenvalue weighted by Gasteiger charge is 2.22. The summed E-state index contributed by atoms with van der Waals surface area (Å²) in [4.78, 5) is 9.63. The van der Waals surface area contributed by atoms with Crippen molar-refractivity contribution in [2.24, 2.45) is 4.99 Å². The average molecular weight is 542 g/mol. The summed E-state index contributed by atoms with van der Waals surface area (Å²) in [7, 11) is 0. The van der Waals surface area contributed by atoms with Gasteiger partial charge in [-0.15, -0.1) is 0 Å². The summed E-state index contributed by atoms with van der Waals surface area (Å²) in [5, 5.41) is 3.78. The molecule has 5 aromatic rings. The second kappa shape index (κ2) is 11.7. The number of rotatable bonds is 6. The van der Waals surface area contributed by atoms with Crippen molar-refractivity contribution in [3.05, 3.63) is 180 Å². The summed E-state index contributed by atoms with van der Waals surface area (Å²) in [5.74, 6) is 0.336. The van der Waals surface area contributed by atoms with E-state index in [9.17, 15) is 0 Å². The van der Waals surface area contributed by atoms with Crippen LogP contribution in [0.5, 0.6) is 0 Å². The molecule has 2 heterocycles. The van der Waals surface area contributed by atoms with E-state index in [1.54, 1.807) is 6.20 Å². The van der Waals surface area contributed by atoms with Gasteiger partial charge in [-0.1, -0.05) is 121 Å². The number of nitrogens with zero attached hydrogens (tertiary/aromatic N) is 2. The van der Waals surface area contributed by atoms with Gasteiger partial charge in [-0.2, -0.15) is 0 Å². The van der Waals surface area contributed by atoms with Crippen molar-refractivity contribution < 1.29 is 0 Å². The number of nitrogens with one attached hydrogen (secondary N) is 1. The maximum absolute atomic E-state index is 5.24. The van der Waals surface area contributed by atoms with Crippen LogP contribution in [0.4, 0.5) is 0 Å². The Labute approximate surface area is 247 Å². The molecule has 0 bridgehead atoms. The van der Waals surface area contributed by atoms with Gasteiger partial charge in [0.2, 0.25) is 0 Å². The minimum Gasteiger partial charge on any atom is -0.360 e. The molecule has 1 aliphatic heterocycles. The Bertz CT molecular complexity index is 1800. The van der Waals surface area contributed by atoms with Crippen molar-refractivity contribution >= 4 is 11.4 Å². The first kappa shape index (κ1) is 25.7. The number of hydrogen-bond donors (Lipinski definition) is 1. The van der Waals surface area contributed by atoms with Crippen LogP contribution in [0, 0.1) is 0 Å². The smallest absolute Gasteiger partial charge is 0.145 e. The molecule has 2 atom stereocenters. The van der Waals surface area contributed by atoms with Gasteiger partial charge in [0.25, 0.3) is 0 Å². The molecule has 0 spiro atoms. The van der Waals surface area contributed by atoms with Gasteiger partial charge in [0.15, 0.2) is 0 Å². The van der Waals surface area contributed by atoms with E-state index in [0.29, 0.717) is 5.92 Å². The summed E-state index contributed by atoms with van der Waals surface area (Å²) in [6, 6.07) is 40.9. The predicted octanol–water partition coefficient (Wildman–Crippen LogP) is 9.15. The molecule has 3 nitrogen and oxygen atoms in total. The Morgan fingerprint density at radius 3 is 1.95 bits per heavy atom. The molecule has 0 saturated heterocycles. The topological polar surface area (TPSA) is 37.3 Å². The van der Waals surface area contributed by atoms with Crippen LogP contribution in [0.15, 0.2) is 163 Å². The quantitative estimate of drug-likeness (QED) is 0.233. The van der Waals surface area contributed by atoms with Crippen LogP contribution in [-0.2, 0) is 0 Å². The Hall–Kier alpha value is -5.28. The summed E-state index contributed by atoms with van der Waals surface area (Å²) < 4.78 is 0. The third kappa shape index (κ3) is 5.50. The summed E-state index contributed by atoms with van der Waals surface area (Å²) >= 11 is 0. The van der Waals surface area contributed by atoms with E-state index < -0.39 is 0 Å². The van der Waals surface area contributed by atoms with Crippen LogP contribution in [0.2, 0.25) is 0 Å². The summed E-state index contributed by atoms with van der Waals surface area (Å²) in [6.07, 6.45) is 15.4. The highest BCUT2D eigenvalue weighted by molar-refractivity contribution is 6.12. The van der Waals surface area contributed by atoms with Crippen molar-refractivity contribution in [1.29, 1.82) is 0 Å². The number of pyridine rings is 1. The molecular formula is C39H31N3. The molecule has 1 N–H and O–H groups in total. The average Bonchev–Trinajstić information content (AvgIpc) is 3.09. The first-order valence-electron chi connectivity index (χ1n) is 14.5. The first-order valence-corrected chi connectivity index (χ1v) is 14.5. The zero-order valence-corrected chi connectivity index (χ0v) is 23.3. The minimum atomic E-state index is -0.250. The Kier molecular flexibility index (Phi) is 7.14. The number of benzene rings is 4. The van der Waals surface area contributed by atoms with Gasteiger partial charge in [0.1, 0.15) is 6.17 Å². The first-order chi connectivity index (χ1) is 20.8. The molecule has 2 aliphatic rings. The van der Waals surface area contributed by atoms with Crippen molar-refractivity contribution in [3.63, 3.8) is 0 Å². The molecule has 202 valence electrons. The Morgan fingerprint density at radius 1 is 0.595 bits per heavy atom. The second-order valence-electron chi connectivity index (χ2n) is 10.7. The van der Waals surface area contributed by atoms with Gasteiger partial charge >= 0.3 is 0 Å². The van der Waals surface area contributed by atoms with Crippen LogP contribution < -0.4 is 5.32 Å². The van der Waals surface area contributed by atoms with E-state index in [1.807, 2.05) is 18.3 Å². The maximum atomic E-state index is 5.24. The van der Waals surface area contributed by atoms with Gasteiger partial charge in [0, 0.05) is 29.6 Å². The van der Waals surface area contributed by atoms with Gasteiger partial charge < -0.3 is 5.32 Å². The molecule has 2 unspecified atom stereocenters. The molecule has 0 radical (unpaired) electrons. The SMILES string of the molecule is C1=CCC(c2cc(-c3ccccc3)cc(C3N=C(c4cccnc4)C=C(c4ccc(-c5ccccc5)cc4)N3)c2)C=C1. The predicted molar refractivity (Wildman–Crippen MR) is 174 cm³/mol. The molecule has 42 heavy (non-hydrogen) atoms. The number of aliphatic imine (C=N–C) groups is 1. The lowest BCUT2D eigenvalue weighted by Gasteiger charge is -2.26. The van der Waals surface area contributed by atoms with Crippen LogP contribution in [0.25, 0.3) is 28.0 Å². The lowest BCUT2D eigenvalue weighted by molar-refractivity contribution is 0.662. The van der Waals surface area contributed by atoms with Crippen molar-refractivity contribution in [3.8, 4) is 22.3 Å². The van der Waals surface area contributed by atoms with E-state index in [1.165, 1.54) is 27.8 Å². The largest absolute Gasteiger partial charge is 0.360 e. The second-order valence-corrected chi connectivity index (χ2v) is 10.7. The normalized spacial score (nSPS) is 17.7. The molecule has 4 aromatic carbocycles. The monoisotopic (exact) mass is 541 g/mol. The van der Waals surface area contributed by atoms with Gasteiger partial charge in [-0.3, -0.25) is 9.98 Å². The van der Waals surface area contributed by atoms with E-state index in [2.05, 4.69) is 144 Å². The van der Waals surface area contributed by atoms with Crippen LogP contribution in [0.3, 0.4) is 0 Å². The number of allylic oxidation sites excluding steroid dienone is 5. The Balaban J connectivity index is 1.30. The van der Waals surface area contributed by atoms with Gasteiger partial charge in [-0.25, -0.2) is 0 Å². The number of hydrogen-bond acceptors (Lipinski definition) is 3. The fourth-order valence-corrected chi connectivity index (χ4v) is 5.68. The molecule has 0 fully saturated rings. The van der Waals surface area contributed by atoms with Crippen molar-refractivity contribution in [2.45, 2.75) is 18.5 Å². The van der Waals surface area contributed by atoms with E-state index in [-0.39, 0.29) is 6.17 Å². The fraction of sp³-hybridized carbons (Fsp3) is 0.0769.